The van der Waals surface area contributed by atoms with Crippen molar-refractivity contribution in [2.45, 2.75) is 0 Å². The molecule has 0 bridgehead atoms. The van der Waals surface area contributed by atoms with E-state index in [-0.39, 0.29) is 5.56 Å². The quantitative estimate of drug-likeness (QED) is 0.545. The first kappa shape index (κ1) is 7.25. The topological polar surface area (TPSA) is 74.4 Å². The number of para-hydroxylation sites is 2. The van der Waals surface area contributed by atoms with Gasteiger partial charge in [-0.3, -0.25) is 15.0 Å². The predicted octanol–water partition coefficient (Wildman–Crippen LogP) is 0.799. The van der Waals surface area contributed by atoms with E-state index in [1.807, 2.05) is 24.3 Å². The molecule has 0 aliphatic carbocycles. The summed E-state index contributed by atoms with van der Waals surface area (Å²) in [4.78, 5) is 19.7. The Morgan fingerprint density at radius 1 is 1.00 bits per heavy atom. The van der Waals surface area contributed by atoms with E-state index in [2.05, 4.69) is 20.2 Å². The van der Waals surface area contributed by atoms with E-state index in [0.29, 0.717) is 11.2 Å². The Labute approximate surface area is 77.8 Å². The maximum atomic E-state index is 11.2. The summed E-state index contributed by atoms with van der Waals surface area (Å²) in [5, 5.41) is 5.11. The Balaban J connectivity index is 2.61. The first-order chi connectivity index (χ1) is 6.84. The molecule has 68 valence electrons. The predicted molar refractivity (Wildman–Crippen MR) is 52.0 cm³/mol. The second-order valence-electron chi connectivity index (χ2n) is 2.99. The molecule has 0 atom stereocenters. The van der Waals surface area contributed by atoms with Gasteiger partial charge in [0.15, 0.2) is 11.2 Å². The number of rotatable bonds is 0. The van der Waals surface area contributed by atoms with Crippen LogP contribution in [0.25, 0.3) is 22.2 Å². The summed E-state index contributed by atoms with van der Waals surface area (Å²) in [7, 11) is 0. The molecule has 0 radical (unpaired) electrons. The molecular weight excluding hydrogens is 180 g/mol. The van der Waals surface area contributed by atoms with Gasteiger partial charge in [0.1, 0.15) is 0 Å². The number of aromatic nitrogens is 4. The Kier molecular flexibility index (Phi) is 1.25. The van der Waals surface area contributed by atoms with Gasteiger partial charge in [-0.2, -0.15) is 0 Å². The first-order valence-corrected chi connectivity index (χ1v) is 4.18. The monoisotopic (exact) mass is 186 g/mol. The molecule has 3 rings (SSSR count). The van der Waals surface area contributed by atoms with Gasteiger partial charge in [-0.15, -0.1) is 0 Å². The van der Waals surface area contributed by atoms with Crippen LogP contribution in [0.3, 0.4) is 0 Å². The molecular formula is C9H6N4O. The van der Waals surface area contributed by atoms with Crippen LogP contribution in [0.2, 0.25) is 0 Å². The van der Waals surface area contributed by atoms with Crippen LogP contribution in [0, 0.1) is 0 Å². The summed E-state index contributed by atoms with van der Waals surface area (Å²) in [5.74, 6) is 0. The zero-order valence-corrected chi connectivity index (χ0v) is 7.11. The average molecular weight is 186 g/mol. The van der Waals surface area contributed by atoms with Crippen LogP contribution in [0.5, 0.6) is 0 Å². The highest BCUT2D eigenvalue weighted by atomic mass is 16.1. The number of H-pyrrole nitrogens is 2. The van der Waals surface area contributed by atoms with Gasteiger partial charge >= 0.3 is 0 Å². The molecule has 0 amide bonds. The molecule has 14 heavy (non-hydrogen) atoms. The minimum atomic E-state index is -0.238. The third-order valence-corrected chi connectivity index (χ3v) is 2.08. The summed E-state index contributed by atoms with van der Waals surface area (Å²) >= 11 is 0. The van der Waals surface area contributed by atoms with Gasteiger partial charge in [-0.1, -0.05) is 12.1 Å². The van der Waals surface area contributed by atoms with Crippen molar-refractivity contribution in [3.05, 3.63) is 34.6 Å². The lowest BCUT2D eigenvalue weighted by atomic mass is 10.3. The Morgan fingerprint density at radius 3 is 2.50 bits per heavy atom. The normalized spacial score (nSPS) is 11.1. The molecule has 2 N–H and O–H groups in total. The molecule has 0 aliphatic heterocycles. The fourth-order valence-electron chi connectivity index (χ4n) is 1.42. The zero-order chi connectivity index (χ0) is 9.54. The van der Waals surface area contributed by atoms with Crippen molar-refractivity contribution in [2.75, 3.05) is 0 Å². The number of aromatic amines is 2. The Bertz CT molecular complexity index is 667. The van der Waals surface area contributed by atoms with Crippen LogP contribution in [0.1, 0.15) is 0 Å². The van der Waals surface area contributed by atoms with Crippen LogP contribution in [0.15, 0.2) is 29.1 Å². The van der Waals surface area contributed by atoms with Gasteiger partial charge in [-0.05, 0) is 12.1 Å². The maximum absolute atomic E-state index is 11.2. The van der Waals surface area contributed by atoms with Crippen molar-refractivity contribution in [3.8, 4) is 0 Å². The molecule has 3 aromatic rings. The van der Waals surface area contributed by atoms with E-state index in [4.69, 9.17) is 0 Å². The maximum Gasteiger partial charge on any atom is 0.292 e. The van der Waals surface area contributed by atoms with E-state index in [9.17, 15) is 4.79 Å². The highest BCUT2D eigenvalue weighted by Crippen LogP contribution is 2.10. The second-order valence-corrected chi connectivity index (χ2v) is 2.99. The van der Waals surface area contributed by atoms with E-state index in [1.165, 1.54) is 0 Å². The smallest absolute Gasteiger partial charge is 0.280 e. The molecule has 1 aromatic carbocycles. The largest absolute Gasteiger partial charge is 0.292 e. The lowest BCUT2D eigenvalue weighted by molar-refractivity contribution is 1.07. The molecule has 2 aromatic heterocycles. The van der Waals surface area contributed by atoms with Crippen LogP contribution >= 0.6 is 0 Å². The third kappa shape index (κ3) is 0.861. The number of nitrogens with one attached hydrogen (secondary N) is 2. The standard InChI is InChI=1S/C9H6N4O/c14-9-7-8(12-13-9)11-6-4-2-1-3-5(6)10-7/h1-4H,(H2,11,12,13,14). The number of hydrogen-bond acceptors (Lipinski definition) is 3. The second kappa shape index (κ2) is 2.41. The van der Waals surface area contributed by atoms with Gasteiger partial charge in [-0.25, -0.2) is 9.97 Å². The third-order valence-electron chi connectivity index (χ3n) is 2.08. The van der Waals surface area contributed by atoms with Gasteiger partial charge in [0.25, 0.3) is 5.56 Å². The summed E-state index contributed by atoms with van der Waals surface area (Å²) < 4.78 is 0. The van der Waals surface area contributed by atoms with Crippen molar-refractivity contribution in [1.82, 2.24) is 20.2 Å². The van der Waals surface area contributed by atoms with E-state index < -0.39 is 0 Å². The van der Waals surface area contributed by atoms with Crippen molar-refractivity contribution < 1.29 is 0 Å². The van der Waals surface area contributed by atoms with Crippen LogP contribution < -0.4 is 5.56 Å². The van der Waals surface area contributed by atoms with Gasteiger partial charge in [0.05, 0.1) is 11.0 Å². The van der Waals surface area contributed by atoms with E-state index in [0.717, 1.165) is 11.0 Å². The summed E-state index contributed by atoms with van der Waals surface area (Å²) in [6.45, 7) is 0. The van der Waals surface area contributed by atoms with Crippen LogP contribution in [-0.2, 0) is 0 Å². The lowest BCUT2D eigenvalue weighted by Gasteiger charge is -1.93. The van der Waals surface area contributed by atoms with Gasteiger partial charge in [0.2, 0.25) is 0 Å². The van der Waals surface area contributed by atoms with Gasteiger partial charge in [0, 0.05) is 0 Å². The van der Waals surface area contributed by atoms with Crippen molar-refractivity contribution in [1.29, 1.82) is 0 Å². The number of hydrogen-bond donors (Lipinski definition) is 2. The Hall–Kier alpha value is -2.17. The Morgan fingerprint density at radius 2 is 1.71 bits per heavy atom. The number of fused-ring (bicyclic) bond motifs is 2. The summed E-state index contributed by atoms with van der Waals surface area (Å²) in [6.07, 6.45) is 0. The summed E-state index contributed by atoms with van der Waals surface area (Å²) in [6, 6.07) is 7.43. The van der Waals surface area contributed by atoms with Crippen molar-refractivity contribution in [3.63, 3.8) is 0 Å². The number of benzene rings is 1. The highest BCUT2D eigenvalue weighted by molar-refractivity contribution is 5.83. The molecule has 0 spiro atoms. The zero-order valence-electron chi connectivity index (χ0n) is 7.11. The molecule has 0 aliphatic rings. The fraction of sp³-hybridized carbons (Fsp3) is 0. The molecule has 0 saturated heterocycles. The minimum Gasteiger partial charge on any atom is -0.280 e. The molecule has 0 saturated carbocycles. The summed E-state index contributed by atoms with van der Waals surface area (Å²) in [5.41, 5.74) is 2.11. The minimum absolute atomic E-state index is 0.238. The SMILES string of the molecule is O=c1[nH][nH]c2nc3ccccc3nc12. The highest BCUT2D eigenvalue weighted by Gasteiger charge is 2.04. The van der Waals surface area contributed by atoms with Crippen molar-refractivity contribution in [2.24, 2.45) is 0 Å². The van der Waals surface area contributed by atoms with E-state index in [1.54, 1.807) is 0 Å². The van der Waals surface area contributed by atoms with Crippen LogP contribution in [-0.4, -0.2) is 20.2 Å². The first-order valence-electron chi connectivity index (χ1n) is 4.18. The molecule has 5 nitrogen and oxygen atoms in total. The molecule has 5 heteroatoms. The molecule has 0 unspecified atom stereocenters. The van der Waals surface area contributed by atoms with Gasteiger partial charge < -0.3 is 0 Å². The molecule has 2 heterocycles. The molecule has 0 fully saturated rings. The fourth-order valence-corrected chi connectivity index (χ4v) is 1.42. The van der Waals surface area contributed by atoms with Crippen molar-refractivity contribution >= 4 is 22.2 Å². The lowest BCUT2D eigenvalue weighted by Crippen LogP contribution is -1.99. The average Bonchev–Trinajstić information content (AvgIpc) is 2.57. The number of nitrogens with zero attached hydrogens (tertiary/aromatic N) is 2. The van der Waals surface area contributed by atoms with Crippen LogP contribution in [0.4, 0.5) is 0 Å². The van der Waals surface area contributed by atoms with E-state index >= 15 is 0 Å².